The van der Waals surface area contributed by atoms with Crippen molar-refractivity contribution in [3.63, 3.8) is 0 Å². The van der Waals surface area contributed by atoms with Crippen molar-refractivity contribution in [1.29, 1.82) is 0 Å². The lowest BCUT2D eigenvalue weighted by Crippen LogP contribution is -2.27. The Morgan fingerprint density at radius 1 is 0.561 bits per heavy atom. The summed E-state index contributed by atoms with van der Waals surface area (Å²) >= 11 is 0. The minimum atomic E-state index is -0.523. The zero-order valence-corrected chi connectivity index (χ0v) is 27.8. The van der Waals surface area contributed by atoms with Gasteiger partial charge in [0, 0.05) is 13.0 Å². The summed E-state index contributed by atoms with van der Waals surface area (Å²) in [6.07, 6.45) is 40.5. The predicted octanol–water partition coefficient (Wildman–Crippen LogP) is 11.4. The van der Waals surface area contributed by atoms with Gasteiger partial charge in [-0.2, -0.15) is 0 Å². The minimum absolute atomic E-state index is 0.170. The van der Waals surface area contributed by atoms with E-state index in [0.29, 0.717) is 19.6 Å². The van der Waals surface area contributed by atoms with Crippen molar-refractivity contribution in [3.8, 4) is 0 Å². The maximum absolute atomic E-state index is 11.8. The summed E-state index contributed by atoms with van der Waals surface area (Å²) in [4.78, 5) is 11.8. The highest BCUT2D eigenvalue weighted by atomic mass is 16.6. The van der Waals surface area contributed by atoms with Crippen molar-refractivity contribution in [2.45, 2.75) is 200 Å². The van der Waals surface area contributed by atoms with Crippen molar-refractivity contribution in [2.75, 3.05) is 19.8 Å². The van der Waals surface area contributed by atoms with Gasteiger partial charge in [0.2, 0.25) is 0 Å². The van der Waals surface area contributed by atoms with Gasteiger partial charge < -0.3 is 14.6 Å². The van der Waals surface area contributed by atoms with Crippen molar-refractivity contribution < 1.29 is 19.4 Å². The summed E-state index contributed by atoms with van der Waals surface area (Å²) in [5.74, 6) is -0.223. The maximum atomic E-state index is 11.8. The summed E-state index contributed by atoms with van der Waals surface area (Å²) in [6.45, 7) is 5.21. The normalized spacial score (nSPS) is 12.4. The van der Waals surface area contributed by atoms with Crippen LogP contribution in [-0.2, 0) is 14.3 Å². The van der Waals surface area contributed by atoms with Gasteiger partial charge in [0.25, 0.3) is 0 Å². The predicted molar refractivity (Wildman–Crippen MR) is 178 cm³/mol. The number of aliphatic hydroxyl groups excluding tert-OH is 1. The highest BCUT2D eigenvalue weighted by molar-refractivity contribution is 5.69. The summed E-state index contributed by atoms with van der Waals surface area (Å²) in [5.41, 5.74) is 0. The molecule has 0 aliphatic rings. The van der Waals surface area contributed by atoms with Gasteiger partial charge in [-0.05, 0) is 38.5 Å². The van der Waals surface area contributed by atoms with Crippen LogP contribution in [0.25, 0.3) is 0 Å². The number of ether oxygens (including phenoxy) is 2. The second kappa shape index (κ2) is 35.3. The minimum Gasteiger partial charge on any atom is -0.457 e. The highest BCUT2D eigenvalue weighted by Gasteiger charge is 2.13. The number of rotatable bonds is 34. The lowest BCUT2D eigenvalue weighted by Gasteiger charge is -2.15. The molecule has 0 fully saturated rings. The molecule has 0 amide bonds. The largest absolute Gasteiger partial charge is 0.457 e. The topological polar surface area (TPSA) is 55.8 Å². The molecule has 0 aromatic carbocycles. The molecule has 244 valence electrons. The highest BCUT2D eigenvalue weighted by Crippen LogP contribution is 2.14. The molecule has 0 aliphatic carbocycles. The van der Waals surface area contributed by atoms with Crippen LogP contribution in [-0.4, -0.2) is 37.0 Å². The average Bonchev–Trinajstić information content (AvgIpc) is 2.98. The maximum Gasteiger partial charge on any atom is 0.306 e. The number of esters is 1. The van der Waals surface area contributed by atoms with Crippen molar-refractivity contribution in [1.82, 2.24) is 0 Å². The molecule has 0 saturated carbocycles. The fraction of sp³-hybridized carbons (Fsp3) is 0.919. The number of carbonyl (C=O) groups is 1. The van der Waals surface area contributed by atoms with E-state index in [9.17, 15) is 9.90 Å². The van der Waals surface area contributed by atoms with Gasteiger partial charge in [0.05, 0.1) is 13.2 Å². The Hall–Kier alpha value is -0.870. The van der Waals surface area contributed by atoms with Crippen LogP contribution in [0.2, 0.25) is 0 Å². The Balaban J connectivity index is 3.24. The molecule has 4 nitrogen and oxygen atoms in total. The lowest BCUT2D eigenvalue weighted by molar-refractivity contribution is -0.154. The van der Waals surface area contributed by atoms with Crippen molar-refractivity contribution in [3.05, 3.63) is 12.2 Å². The Labute approximate surface area is 256 Å². The molecular formula is C37H72O4. The van der Waals surface area contributed by atoms with Crippen molar-refractivity contribution >= 4 is 5.97 Å². The molecule has 41 heavy (non-hydrogen) atoms. The van der Waals surface area contributed by atoms with Crippen LogP contribution in [0.4, 0.5) is 0 Å². The Kier molecular flexibility index (Phi) is 34.6. The van der Waals surface area contributed by atoms with E-state index >= 15 is 0 Å². The number of carbonyl (C=O) groups excluding carboxylic acids is 1. The molecule has 0 aromatic rings. The van der Waals surface area contributed by atoms with E-state index in [2.05, 4.69) is 26.0 Å². The molecule has 0 aromatic heterocycles. The first-order valence-corrected chi connectivity index (χ1v) is 18.3. The summed E-state index contributed by atoms with van der Waals surface area (Å²) in [7, 11) is 0. The third-order valence-corrected chi connectivity index (χ3v) is 8.09. The van der Waals surface area contributed by atoms with Gasteiger partial charge in [-0.3, -0.25) is 4.79 Å². The Morgan fingerprint density at radius 3 is 1.39 bits per heavy atom. The average molecular weight is 581 g/mol. The Bertz CT molecular complexity index is 533. The molecule has 0 aliphatic heterocycles. The molecule has 0 radical (unpaired) electrons. The molecule has 0 spiro atoms. The molecule has 1 atom stereocenters. The van der Waals surface area contributed by atoms with Gasteiger partial charge in [-0.15, -0.1) is 0 Å². The van der Waals surface area contributed by atoms with E-state index < -0.39 is 6.10 Å². The number of hydrogen-bond acceptors (Lipinski definition) is 4. The van der Waals surface area contributed by atoms with Gasteiger partial charge >= 0.3 is 5.97 Å². The number of aliphatic hydroxyl groups is 1. The smallest absolute Gasteiger partial charge is 0.306 e. The molecular weight excluding hydrogens is 508 g/mol. The Morgan fingerprint density at radius 2 is 0.951 bits per heavy atom. The van der Waals surface area contributed by atoms with Crippen LogP contribution < -0.4 is 0 Å². The number of allylic oxidation sites excluding steroid dienone is 2. The monoisotopic (exact) mass is 581 g/mol. The van der Waals surface area contributed by atoms with E-state index in [4.69, 9.17) is 9.47 Å². The SMILES string of the molecule is CCCCCCCCCC/C=C\CCCCCCCCCCCCCCCCOCC(CO)OC(=O)CCCCC. The van der Waals surface area contributed by atoms with E-state index in [0.717, 1.165) is 25.7 Å². The van der Waals surface area contributed by atoms with Crippen LogP contribution in [0.15, 0.2) is 12.2 Å². The van der Waals surface area contributed by atoms with Crippen LogP contribution in [0.5, 0.6) is 0 Å². The third-order valence-electron chi connectivity index (χ3n) is 8.09. The molecule has 0 bridgehead atoms. The first-order valence-electron chi connectivity index (χ1n) is 18.3. The van der Waals surface area contributed by atoms with Crippen LogP contribution >= 0.6 is 0 Å². The van der Waals surface area contributed by atoms with Gasteiger partial charge in [-0.1, -0.05) is 161 Å². The second-order valence-corrected chi connectivity index (χ2v) is 12.3. The third kappa shape index (κ3) is 33.5. The fourth-order valence-corrected chi connectivity index (χ4v) is 5.32. The quantitative estimate of drug-likeness (QED) is 0.0467. The number of unbranched alkanes of at least 4 members (excludes halogenated alkanes) is 24. The molecule has 0 heterocycles. The summed E-state index contributed by atoms with van der Waals surface area (Å²) < 4.78 is 10.9. The second-order valence-electron chi connectivity index (χ2n) is 12.3. The standard InChI is InChI=1S/C37H72O4/c1-3-5-7-8-9-10-11-12-13-14-15-16-17-18-19-20-21-22-23-24-25-26-27-28-29-31-33-40-35-36(34-38)41-37(39)32-30-6-4-2/h14-15,36,38H,3-13,16-35H2,1-2H3/b15-14-. The van der Waals surface area contributed by atoms with Crippen molar-refractivity contribution in [2.24, 2.45) is 0 Å². The van der Waals surface area contributed by atoms with E-state index in [1.807, 2.05) is 0 Å². The molecule has 0 rings (SSSR count). The molecule has 1 unspecified atom stereocenters. The van der Waals surface area contributed by atoms with E-state index in [-0.39, 0.29) is 12.6 Å². The van der Waals surface area contributed by atoms with Gasteiger partial charge in [-0.25, -0.2) is 0 Å². The zero-order valence-electron chi connectivity index (χ0n) is 27.8. The lowest BCUT2D eigenvalue weighted by atomic mass is 10.0. The van der Waals surface area contributed by atoms with E-state index in [1.165, 1.54) is 148 Å². The number of hydrogen-bond donors (Lipinski definition) is 1. The summed E-state index contributed by atoms with van der Waals surface area (Å²) in [6, 6.07) is 0. The van der Waals surface area contributed by atoms with Gasteiger partial charge in [0.15, 0.2) is 0 Å². The van der Waals surface area contributed by atoms with Crippen LogP contribution in [0, 0.1) is 0 Å². The fourth-order valence-electron chi connectivity index (χ4n) is 5.32. The first-order chi connectivity index (χ1) is 20.2. The van der Waals surface area contributed by atoms with Crippen LogP contribution in [0.3, 0.4) is 0 Å². The molecule has 1 N–H and O–H groups in total. The van der Waals surface area contributed by atoms with E-state index in [1.54, 1.807) is 0 Å². The molecule has 4 heteroatoms. The zero-order chi connectivity index (χ0) is 29.9. The summed E-state index contributed by atoms with van der Waals surface area (Å²) in [5, 5.41) is 9.39. The van der Waals surface area contributed by atoms with Crippen LogP contribution in [0.1, 0.15) is 194 Å². The van der Waals surface area contributed by atoms with Gasteiger partial charge in [0.1, 0.15) is 6.10 Å². The molecule has 0 saturated heterocycles. The first kappa shape index (κ1) is 40.1.